The van der Waals surface area contributed by atoms with Crippen LogP contribution in [0.1, 0.15) is 29.5 Å². The van der Waals surface area contributed by atoms with Gasteiger partial charge in [0.05, 0.1) is 5.69 Å². The Morgan fingerprint density at radius 2 is 1.93 bits per heavy atom. The molecule has 1 atom stereocenters. The summed E-state index contributed by atoms with van der Waals surface area (Å²) >= 11 is 1.35. The molecule has 144 valence electrons. The predicted molar refractivity (Wildman–Crippen MR) is 114 cm³/mol. The normalized spacial score (nSPS) is 20.2. The summed E-state index contributed by atoms with van der Waals surface area (Å²) in [4.78, 5) is 31.8. The quantitative estimate of drug-likeness (QED) is 0.860. The molecule has 1 saturated heterocycles. The lowest BCUT2D eigenvalue weighted by molar-refractivity contribution is -0.123. The lowest BCUT2D eigenvalue weighted by atomic mass is 10.0. The first-order chi connectivity index (χ1) is 13.5. The van der Waals surface area contributed by atoms with E-state index in [2.05, 4.69) is 16.4 Å². The molecule has 2 aliphatic rings. The maximum atomic E-state index is 12.9. The molecule has 0 radical (unpaired) electrons. The predicted octanol–water partition coefficient (Wildman–Crippen LogP) is 3.89. The Balaban J connectivity index is 1.49. The van der Waals surface area contributed by atoms with E-state index in [1.807, 2.05) is 55.1 Å². The molecule has 0 spiro atoms. The second-order valence-corrected chi connectivity index (χ2v) is 8.43. The van der Waals surface area contributed by atoms with Gasteiger partial charge in [-0.2, -0.15) is 0 Å². The van der Waals surface area contributed by atoms with Crippen molar-refractivity contribution < 1.29 is 9.59 Å². The number of anilines is 1. The van der Waals surface area contributed by atoms with Crippen molar-refractivity contribution in [2.75, 3.05) is 11.4 Å². The zero-order valence-corrected chi connectivity index (χ0v) is 16.9. The Morgan fingerprint density at radius 1 is 1.18 bits per heavy atom. The first-order valence-corrected chi connectivity index (χ1v) is 10.4. The first-order valence-electron chi connectivity index (χ1n) is 9.53. The number of carbonyl (C=O) groups is 2. The van der Waals surface area contributed by atoms with Crippen molar-refractivity contribution in [3.05, 3.63) is 59.2 Å². The third-order valence-electron chi connectivity index (χ3n) is 5.20. The van der Waals surface area contributed by atoms with Crippen LogP contribution in [0.5, 0.6) is 0 Å². The lowest BCUT2D eigenvalue weighted by Crippen LogP contribution is -2.38. The van der Waals surface area contributed by atoms with Gasteiger partial charge in [0.25, 0.3) is 0 Å². The van der Waals surface area contributed by atoms with Crippen molar-refractivity contribution in [2.24, 2.45) is 4.99 Å². The maximum Gasteiger partial charge on any atom is 0.240 e. The molecule has 2 aromatic carbocycles. The molecule has 0 aromatic heterocycles. The number of aryl methyl sites for hydroxylation is 3. The number of para-hydroxylation sites is 2. The van der Waals surface area contributed by atoms with Crippen molar-refractivity contribution in [3.63, 3.8) is 0 Å². The number of amidine groups is 1. The van der Waals surface area contributed by atoms with Crippen molar-refractivity contribution in [1.29, 1.82) is 0 Å². The second-order valence-electron chi connectivity index (χ2n) is 7.23. The standard InChI is InChI=1S/C22H23N3O2S/c1-14-7-5-8-15(2)20(14)23-22-24-21(27)18(28-22)13-19(26)25-12-6-10-16-9-3-4-11-17(16)25/h3-5,7-9,11,18H,6,10,12-13H2,1-2H3,(H,23,24,27). The van der Waals surface area contributed by atoms with Gasteiger partial charge in [-0.3, -0.25) is 9.59 Å². The smallest absolute Gasteiger partial charge is 0.240 e. The van der Waals surface area contributed by atoms with Crippen LogP contribution < -0.4 is 10.2 Å². The highest BCUT2D eigenvalue weighted by atomic mass is 32.2. The molecule has 1 N–H and O–H groups in total. The number of nitrogens with one attached hydrogen (secondary N) is 1. The van der Waals surface area contributed by atoms with Crippen LogP contribution in [0.15, 0.2) is 47.5 Å². The molecule has 28 heavy (non-hydrogen) atoms. The van der Waals surface area contributed by atoms with Gasteiger partial charge in [-0.25, -0.2) is 4.99 Å². The minimum atomic E-state index is -0.440. The van der Waals surface area contributed by atoms with Crippen LogP contribution in [0.2, 0.25) is 0 Å². The van der Waals surface area contributed by atoms with Crippen molar-refractivity contribution >= 4 is 40.1 Å². The number of hydrogen-bond acceptors (Lipinski definition) is 4. The molecule has 2 heterocycles. The molecular weight excluding hydrogens is 370 g/mol. The molecule has 0 aliphatic carbocycles. The van der Waals surface area contributed by atoms with Crippen molar-refractivity contribution in [3.8, 4) is 0 Å². The largest absolute Gasteiger partial charge is 0.312 e. The van der Waals surface area contributed by atoms with E-state index in [-0.39, 0.29) is 18.2 Å². The number of nitrogens with zero attached hydrogens (tertiary/aromatic N) is 2. The summed E-state index contributed by atoms with van der Waals surface area (Å²) in [5.41, 5.74) is 5.18. The van der Waals surface area contributed by atoms with Crippen LogP contribution >= 0.6 is 11.8 Å². The van der Waals surface area contributed by atoms with Crippen LogP contribution in [0.3, 0.4) is 0 Å². The summed E-state index contributed by atoms with van der Waals surface area (Å²) in [6.07, 6.45) is 2.12. The Labute approximate surface area is 169 Å². The monoisotopic (exact) mass is 393 g/mol. The molecule has 5 nitrogen and oxygen atoms in total. The molecule has 0 saturated carbocycles. The van der Waals surface area contributed by atoms with Gasteiger partial charge in [-0.05, 0) is 49.4 Å². The van der Waals surface area contributed by atoms with E-state index < -0.39 is 5.25 Å². The van der Waals surface area contributed by atoms with E-state index in [1.165, 1.54) is 17.3 Å². The van der Waals surface area contributed by atoms with Crippen molar-refractivity contribution in [2.45, 2.75) is 38.4 Å². The molecule has 6 heteroatoms. The third-order valence-corrected chi connectivity index (χ3v) is 6.28. The molecule has 2 aromatic rings. The number of carbonyl (C=O) groups excluding carboxylic acids is 2. The Hall–Kier alpha value is -2.60. The van der Waals surface area contributed by atoms with E-state index in [9.17, 15) is 9.59 Å². The molecule has 2 amide bonds. The van der Waals surface area contributed by atoms with E-state index in [0.717, 1.165) is 35.3 Å². The number of rotatable bonds is 3. The van der Waals surface area contributed by atoms with Crippen molar-refractivity contribution in [1.82, 2.24) is 5.32 Å². The summed E-state index contributed by atoms with van der Waals surface area (Å²) in [6.45, 7) is 4.71. The van der Waals surface area contributed by atoms with Gasteiger partial charge in [0.2, 0.25) is 11.8 Å². The van der Waals surface area contributed by atoms with Crippen LogP contribution in [0.25, 0.3) is 0 Å². The number of thioether (sulfide) groups is 1. The highest BCUT2D eigenvalue weighted by Gasteiger charge is 2.34. The zero-order chi connectivity index (χ0) is 19.7. The van der Waals surface area contributed by atoms with Gasteiger partial charge in [-0.1, -0.05) is 48.2 Å². The maximum absolute atomic E-state index is 12.9. The lowest BCUT2D eigenvalue weighted by Gasteiger charge is -2.29. The van der Waals surface area contributed by atoms with Gasteiger partial charge in [0, 0.05) is 18.7 Å². The summed E-state index contributed by atoms with van der Waals surface area (Å²) in [7, 11) is 0. The number of fused-ring (bicyclic) bond motifs is 1. The van der Waals surface area contributed by atoms with Crippen LogP contribution in [-0.4, -0.2) is 28.8 Å². The zero-order valence-electron chi connectivity index (χ0n) is 16.1. The molecule has 1 fully saturated rings. The van der Waals surface area contributed by atoms with Crippen LogP contribution in [0, 0.1) is 13.8 Å². The van der Waals surface area contributed by atoms with Gasteiger partial charge in [-0.15, -0.1) is 0 Å². The minimum absolute atomic E-state index is 0.00637. The number of amides is 2. The minimum Gasteiger partial charge on any atom is -0.312 e. The Bertz CT molecular complexity index is 950. The van der Waals surface area contributed by atoms with Crippen LogP contribution in [0.4, 0.5) is 11.4 Å². The van der Waals surface area contributed by atoms with Gasteiger partial charge in [0.15, 0.2) is 5.17 Å². The SMILES string of the molecule is Cc1cccc(C)c1N=C1NC(=O)C(CC(=O)N2CCCc3ccccc32)S1. The highest BCUT2D eigenvalue weighted by Crippen LogP contribution is 2.31. The van der Waals surface area contributed by atoms with Gasteiger partial charge < -0.3 is 10.2 Å². The highest BCUT2D eigenvalue weighted by molar-refractivity contribution is 8.15. The van der Waals surface area contributed by atoms with E-state index in [0.29, 0.717) is 11.7 Å². The summed E-state index contributed by atoms with van der Waals surface area (Å²) < 4.78 is 0. The topological polar surface area (TPSA) is 61.8 Å². The fourth-order valence-corrected chi connectivity index (χ4v) is 4.70. The molecular formula is C22H23N3O2S. The molecule has 0 bridgehead atoms. The van der Waals surface area contributed by atoms with E-state index in [4.69, 9.17) is 0 Å². The summed E-state index contributed by atoms with van der Waals surface area (Å²) in [6, 6.07) is 14.0. The first kappa shape index (κ1) is 18.7. The fraction of sp³-hybridized carbons (Fsp3) is 0.318. The summed E-state index contributed by atoms with van der Waals surface area (Å²) in [5, 5.41) is 2.97. The molecule has 1 unspecified atom stereocenters. The Kier molecular flexibility index (Phi) is 5.22. The third kappa shape index (κ3) is 3.69. The Morgan fingerprint density at radius 3 is 2.71 bits per heavy atom. The summed E-state index contributed by atoms with van der Waals surface area (Å²) in [5.74, 6) is -0.151. The fourth-order valence-electron chi connectivity index (χ4n) is 3.74. The average molecular weight is 394 g/mol. The number of hydrogen-bond donors (Lipinski definition) is 1. The number of benzene rings is 2. The van der Waals surface area contributed by atoms with Gasteiger partial charge >= 0.3 is 0 Å². The second kappa shape index (κ2) is 7.80. The average Bonchev–Trinajstić information content (AvgIpc) is 3.03. The molecule has 4 rings (SSSR count). The van der Waals surface area contributed by atoms with E-state index >= 15 is 0 Å². The van der Waals surface area contributed by atoms with E-state index in [1.54, 1.807) is 0 Å². The van der Waals surface area contributed by atoms with Crippen LogP contribution in [-0.2, 0) is 16.0 Å². The van der Waals surface area contributed by atoms with Gasteiger partial charge in [0.1, 0.15) is 5.25 Å². The molecule has 2 aliphatic heterocycles. The number of aliphatic imine (C=N–C) groups is 1.